The number of esters is 1. The molecule has 1 N–H and O–H groups in total. The number of aliphatic hydroxyl groups excluding tert-OH is 1. The zero-order valence-corrected chi connectivity index (χ0v) is 27.0. The van der Waals surface area contributed by atoms with Gasteiger partial charge < -0.3 is 9.84 Å². The molecule has 0 radical (unpaired) electrons. The summed E-state index contributed by atoms with van der Waals surface area (Å²) in [6.45, 7) is 5.15. The van der Waals surface area contributed by atoms with Crippen LogP contribution in [0.5, 0.6) is 0 Å². The highest BCUT2D eigenvalue weighted by Gasteiger charge is 2.05. The molecular formula is C36H72O3. The van der Waals surface area contributed by atoms with Gasteiger partial charge in [0.05, 0.1) is 12.7 Å². The molecule has 0 rings (SSSR count). The Morgan fingerprint density at radius 1 is 0.462 bits per heavy atom. The molecule has 1 atom stereocenters. The SMILES string of the molecule is CCCCCCCCCCCCCCCCCCOC(=O)CCCCCCCCC(O)CCCCCCCC. The predicted molar refractivity (Wildman–Crippen MR) is 171 cm³/mol. The number of carbonyl (C=O) groups is 1. The minimum Gasteiger partial charge on any atom is -0.466 e. The summed E-state index contributed by atoms with van der Waals surface area (Å²) in [6.07, 6.45) is 38.9. The van der Waals surface area contributed by atoms with Gasteiger partial charge in [-0.3, -0.25) is 4.79 Å². The van der Waals surface area contributed by atoms with Crippen molar-refractivity contribution in [2.45, 2.75) is 219 Å². The fraction of sp³-hybridized carbons (Fsp3) is 0.972. The molecule has 3 heteroatoms. The number of ether oxygens (including phenoxy) is 1. The van der Waals surface area contributed by atoms with Crippen LogP contribution in [-0.2, 0) is 9.53 Å². The molecule has 39 heavy (non-hydrogen) atoms. The Bertz CT molecular complexity index is 464. The molecule has 0 bridgehead atoms. The van der Waals surface area contributed by atoms with E-state index in [9.17, 15) is 9.90 Å². The molecule has 0 heterocycles. The van der Waals surface area contributed by atoms with E-state index in [4.69, 9.17) is 4.74 Å². The van der Waals surface area contributed by atoms with E-state index in [-0.39, 0.29) is 12.1 Å². The predicted octanol–water partition coefficient (Wildman–Crippen LogP) is 12.0. The normalized spacial score (nSPS) is 12.2. The molecule has 0 saturated heterocycles. The molecule has 0 aromatic heterocycles. The third-order valence-electron chi connectivity index (χ3n) is 8.32. The summed E-state index contributed by atoms with van der Waals surface area (Å²) in [6, 6.07) is 0. The Kier molecular flexibility index (Phi) is 33.1. The van der Waals surface area contributed by atoms with Crippen LogP contribution in [0, 0.1) is 0 Å². The van der Waals surface area contributed by atoms with Gasteiger partial charge in [0.1, 0.15) is 0 Å². The molecule has 0 amide bonds. The molecule has 0 aromatic carbocycles. The lowest BCUT2D eigenvalue weighted by atomic mass is 10.0. The van der Waals surface area contributed by atoms with Crippen molar-refractivity contribution in [2.75, 3.05) is 6.61 Å². The van der Waals surface area contributed by atoms with E-state index in [2.05, 4.69) is 13.8 Å². The number of rotatable bonds is 33. The monoisotopic (exact) mass is 553 g/mol. The zero-order chi connectivity index (χ0) is 28.5. The van der Waals surface area contributed by atoms with Crippen LogP contribution in [0.4, 0.5) is 0 Å². The van der Waals surface area contributed by atoms with Crippen molar-refractivity contribution in [1.82, 2.24) is 0 Å². The van der Waals surface area contributed by atoms with E-state index in [1.54, 1.807) is 0 Å². The second-order valence-corrected chi connectivity index (χ2v) is 12.4. The van der Waals surface area contributed by atoms with E-state index in [0.29, 0.717) is 13.0 Å². The molecule has 0 fully saturated rings. The van der Waals surface area contributed by atoms with Crippen LogP contribution < -0.4 is 0 Å². The molecular weight excluding hydrogens is 480 g/mol. The van der Waals surface area contributed by atoms with E-state index in [0.717, 1.165) is 38.5 Å². The summed E-state index contributed by atoms with van der Waals surface area (Å²) >= 11 is 0. The van der Waals surface area contributed by atoms with Crippen LogP contribution >= 0.6 is 0 Å². The first kappa shape index (κ1) is 38.4. The third kappa shape index (κ3) is 33.5. The van der Waals surface area contributed by atoms with Crippen molar-refractivity contribution >= 4 is 5.97 Å². The van der Waals surface area contributed by atoms with Gasteiger partial charge in [-0.15, -0.1) is 0 Å². The first-order chi connectivity index (χ1) is 19.2. The molecule has 1 unspecified atom stereocenters. The number of aliphatic hydroxyl groups is 1. The van der Waals surface area contributed by atoms with E-state index < -0.39 is 0 Å². The van der Waals surface area contributed by atoms with Gasteiger partial charge in [-0.2, -0.15) is 0 Å². The minimum absolute atomic E-state index is 0.00576. The van der Waals surface area contributed by atoms with Crippen LogP contribution in [0.15, 0.2) is 0 Å². The first-order valence-corrected chi connectivity index (χ1v) is 18.0. The van der Waals surface area contributed by atoms with Gasteiger partial charge in [-0.1, -0.05) is 181 Å². The molecule has 0 aliphatic rings. The lowest BCUT2D eigenvalue weighted by molar-refractivity contribution is -0.143. The smallest absolute Gasteiger partial charge is 0.305 e. The van der Waals surface area contributed by atoms with Gasteiger partial charge in [0.15, 0.2) is 0 Å². The summed E-state index contributed by atoms with van der Waals surface area (Å²) in [5, 5.41) is 10.1. The van der Waals surface area contributed by atoms with Crippen molar-refractivity contribution in [3.63, 3.8) is 0 Å². The highest BCUT2D eigenvalue weighted by atomic mass is 16.5. The van der Waals surface area contributed by atoms with Crippen LogP contribution in [0.2, 0.25) is 0 Å². The van der Waals surface area contributed by atoms with Gasteiger partial charge in [0, 0.05) is 6.42 Å². The first-order valence-electron chi connectivity index (χ1n) is 18.0. The van der Waals surface area contributed by atoms with Crippen LogP contribution in [0.25, 0.3) is 0 Å². The highest BCUT2D eigenvalue weighted by Crippen LogP contribution is 2.16. The molecule has 0 aliphatic heterocycles. The summed E-state index contributed by atoms with van der Waals surface area (Å²) < 4.78 is 5.43. The summed E-state index contributed by atoms with van der Waals surface area (Å²) in [5.41, 5.74) is 0. The van der Waals surface area contributed by atoms with Crippen molar-refractivity contribution in [1.29, 1.82) is 0 Å². The van der Waals surface area contributed by atoms with Gasteiger partial charge in [-0.25, -0.2) is 0 Å². The Labute approximate surface area is 246 Å². The molecule has 3 nitrogen and oxygen atoms in total. The van der Waals surface area contributed by atoms with Crippen LogP contribution in [-0.4, -0.2) is 23.8 Å². The van der Waals surface area contributed by atoms with Crippen molar-refractivity contribution < 1.29 is 14.6 Å². The molecule has 0 saturated carbocycles. The number of hydrogen-bond acceptors (Lipinski definition) is 3. The van der Waals surface area contributed by atoms with Gasteiger partial charge >= 0.3 is 5.97 Å². The Morgan fingerprint density at radius 3 is 1.15 bits per heavy atom. The lowest BCUT2D eigenvalue weighted by Crippen LogP contribution is -2.06. The molecule has 0 aliphatic carbocycles. The second kappa shape index (κ2) is 33.6. The second-order valence-electron chi connectivity index (χ2n) is 12.4. The average molecular weight is 553 g/mol. The maximum Gasteiger partial charge on any atom is 0.305 e. The number of unbranched alkanes of at least 4 members (excludes halogenated alkanes) is 25. The van der Waals surface area contributed by atoms with E-state index >= 15 is 0 Å². The quantitative estimate of drug-likeness (QED) is 0.0650. The zero-order valence-electron chi connectivity index (χ0n) is 27.0. The summed E-state index contributed by atoms with van der Waals surface area (Å²) in [5.74, 6) is -0.00576. The fourth-order valence-electron chi connectivity index (χ4n) is 5.57. The third-order valence-corrected chi connectivity index (χ3v) is 8.32. The van der Waals surface area contributed by atoms with Gasteiger partial charge in [0.2, 0.25) is 0 Å². The fourth-order valence-corrected chi connectivity index (χ4v) is 5.57. The largest absolute Gasteiger partial charge is 0.466 e. The Balaban J connectivity index is 3.21. The highest BCUT2D eigenvalue weighted by molar-refractivity contribution is 5.69. The number of carbonyl (C=O) groups excluding carboxylic acids is 1. The van der Waals surface area contributed by atoms with Crippen molar-refractivity contribution in [3.05, 3.63) is 0 Å². The molecule has 0 spiro atoms. The van der Waals surface area contributed by atoms with Gasteiger partial charge in [-0.05, 0) is 25.7 Å². The van der Waals surface area contributed by atoms with Crippen molar-refractivity contribution in [2.24, 2.45) is 0 Å². The maximum absolute atomic E-state index is 11.9. The maximum atomic E-state index is 11.9. The number of hydrogen-bond donors (Lipinski definition) is 1. The topological polar surface area (TPSA) is 46.5 Å². The lowest BCUT2D eigenvalue weighted by Gasteiger charge is -2.10. The van der Waals surface area contributed by atoms with Crippen LogP contribution in [0.1, 0.15) is 213 Å². The summed E-state index contributed by atoms with van der Waals surface area (Å²) in [4.78, 5) is 11.9. The van der Waals surface area contributed by atoms with E-state index in [1.165, 1.54) is 154 Å². The van der Waals surface area contributed by atoms with E-state index in [1.807, 2.05) is 0 Å². The van der Waals surface area contributed by atoms with Gasteiger partial charge in [0.25, 0.3) is 0 Å². The Morgan fingerprint density at radius 2 is 0.769 bits per heavy atom. The average Bonchev–Trinajstić information content (AvgIpc) is 2.93. The van der Waals surface area contributed by atoms with Crippen molar-refractivity contribution in [3.8, 4) is 0 Å². The molecule has 234 valence electrons. The molecule has 0 aromatic rings. The standard InChI is InChI=1S/C36H72O3/c1-3-5-7-9-11-12-13-14-15-16-17-18-19-22-26-30-34-39-36(38)33-29-25-21-20-24-28-32-35(37)31-27-23-10-8-6-4-2/h35,37H,3-34H2,1-2H3. The van der Waals surface area contributed by atoms with Crippen LogP contribution in [0.3, 0.4) is 0 Å². The Hall–Kier alpha value is -0.570. The minimum atomic E-state index is -0.0969. The summed E-state index contributed by atoms with van der Waals surface area (Å²) in [7, 11) is 0.